The van der Waals surface area contributed by atoms with E-state index in [0.29, 0.717) is 17.1 Å². The first-order valence-electron chi connectivity index (χ1n) is 7.32. The van der Waals surface area contributed by atoms with E-state index in [1.54, 1.807) is 20.1 Å². The van der Waals surface area contributed by atoms with Crippen molar-refractivity contribution < 1.29 is 9.15 Å². The van der Waals surface area contributed by atoms with Crippen LogP contribution < -0.4 is 10.4 Å². The van der Waals surface area contributed by atoms with Crippen molar-refractivity contribution in [3.8, 4) is 5.75 Å². The molecular formula is C18H24O3. The lowest BCUT2D eigenvalue weighted by atomic mass is 10.1. The Morgan fingerprint density at radius 3 is 2.57 bits per heavy atom. The Labute approximate surface area is 126 Å². The first kappa shape index (κ1) is 17.0. The van der Waals surface area contributed by atoms with Gasteiger partial charge in [0.05, 0.1) is 12.7 Å². The van der Waals surface area contributed by atoms with Crippen molar-refractivity contribution in [3.05, 3.63) is 58.2 Å². The lowest BCUT2D eigenvalue weighted by molar-refractivity contribution is 0.395. The van der Waals surface area contributed by atoms with Crippen LogP contribution in [0.3, 0.4) is 0 Å². The van der Waals surface area contributed by atoms with Crippen LogP contribution in [0.2, 0.25) is 0 Å². The maximum absolute atomic E-state index is 11.6. The molecule has 0 saturated carbocycles. The predicted molar refractivity (Wildman–Crippen MR) is 87.7 cm³/mol. The molecule has 1 aromatic rings. The van der Waals surface area contributed by atoms with E-state index in [1.807, 2.05) is 31.2 Å². The summed E-state index contributed by atoms with van der Waals surface area (Å²) in [4.78, 5) is 11.6. The summed E-state index contributed by atoms with van der Waals surface area (Å²) in [6, 6.07) is 1.74. The summed E-state index contributed by atoms with van der Waals surface area (Å²) in [6.07, 6.45) is 16.5. The largest absolute Gasteiger partial charge is 0.496 e. The van der Waals surface area contributed by atoms with Gasteiger partial charge >= 0.3 is 5.63 Å². The molecule has 114 valence electrons. The third-order valence-corrected chi connectivity index (χ3v) is 3.09. The molecule has 1 aromatic heterocycles. The predicted octanol–water partition coefficient (Wildman–Crippen LogP) is 4.66. The third-order valence-electron chi connectivity index (χ3n) is 3.09. The van der Waals surface area contributed by atoms with E-state index in [4.69, 9.17) is 9.15 Å². The van der Waals surface area contributed by atoms with Gasteiger partial charge in [-0.05, 0) is 45.6 Å². The van der Waals surface area contributed by atoms with Crippen molar-refractivity contribution in [1.82, 2.24) is 0 Å². The highest BCUT2D eigenvalue weighted by Gasteiger charge is 2.05. The van der Waals surface area contributed by atoms with E-state index < -0.39 is 0 Å². The van der Waals surface area contributed by atoms with Crippen LogP contribution in [0, 0.1) is 6.92 Å². The number of ether oxygens (including phenoxy) is 1. The van der Waals surface area contributed by atoms with Crippen molar-refractivity contribution in [2.75, 3.05) is 7.11 Å². The maximum Gasteiger partial charge on any atom is 0.342 e. The van der Waals surface area contributed by atoms with Gasteiger partial charge in [0, 0.05) is 6.07 Å². The Bertz CT molecular complexity index is 562. The van der Waals surface area contributed by atoms with Crippen molar-refractivity contribution in [3.63, 3.8) is 0 Å². The van der Waals surface area contributed by atoms with E-state index in [-0.39, 0.29) is 5.63 Å². The number of unbranched alkanes of at least 4 members (excludes halogenated alkanes) is 3. The first-order valence-corrected chi connectivity index (χ1v) is 7.32. The van der Waals surface area contributed by atoms with Crippen LogP contribution in [0.15, 0.2) is 45.7 Å². The molecule has 0 amide bonds. The second-order valence-corrected chi connectivity index (χ2v) is 4.77. The lowest BCUT2D eigenvalue weighted by Gasteiger charge is -2.03. The highest BCUT2D eigenvalue weighted by molar-refractivity contribution is 5.46. The highest BCUT2D eigenvalue weighted by Crippen LogP contribution is 2.16. The Morgan fingerprint density at radius 1 is 1.19 bits per heavy atom. The topological polar surface area (TPSA) is 39.4 Å². The molecule has 3 heteroatoms. The van der Waals surface area contributed by atoms with Gasteiger partial charge in [0.25, 0.3) is 0 Å². The smallest absolute Gasteiger partial charge is 0.342 e. The molecule has 1 heterocycles. The molecule has 0 saturated heterocycles. The van der Waals surface area contributed by atoms with Crippen LogP contribution in [0.1, 0.15) is 43.9 Å². The molecule has 0 aliphatic rings. The molecule has 0 bridgehead atoms. The van der Waals surface area contributed by atoms with Crippen LogP contribution in [-0.4, -0.2) is 7.11 Å². The van der Waals surface area contributed by atoms with Gasteiger partial charge in [-0.3, -0.25) is 0 Å². The number of methoxy groups -OCH3 is 1. The molecule has 0 spiro atoms. The van der Waals surface area contributed by atoms with E-state index in [2.05, 4.69) is 12.2 Å². The van der Waals surface area contributed by atoms with E-state index >= 15 is 0 Å². The zero-order valence-electron chi connectivity index (χ0n) is 13.1. The molecule has 0 atom stereocenters. The second kappa shape index (κ2) is 9.81. The fraction of sp³-hybridized carbons (Fsp3) is 0.389. The molecule has 0 fully saturated rings. The number of hydrogen-bond acceptors (Lipinski definition) is 3. The van der Waals surface area contributed by atoms with Crippen LogP contribution in [0.25, 0.3) is 6.08 Å². The fourth-order valence-electron chi connectivity index (χ4n) is 1.86. The van der Waals surface area contributed by atoms with E-state index in [9.17, 15) is 4.79 Å². The minimum Gasteiger partial charge on any atom is -0.496 e. The van der Waals surface area contributed by atoms with Crippen molar-refractivity contribution in [1.29, 1.82) is 0 Å². The SMILES string of the molecule is C/C=C/C=C/CCCC/C=C/c1cc(OC)c(C)c(=O)o1. The summed E-state index contributed by atoms with van der Waals surface area (Å²) in [5.74, 6) is 1.11. The zero-order chi connectivity index (χ0) is 15.5. The standard InChI is InChI=1S/C18H24O3/c1-4-5-6-7-8-9-10-11-12-13-16-14-17(20-3)15(2)18(19)21-16/h4-7,12-14H,8-11H2,1-3H3/b5-4+,7-6+,13-12+. The Balaban J connectivity index is 2.40. The van der Waals surface area contributed by atoms with Gasteiger partial charge in [-0.15, -0.1) is 0 Å². The molecule has 0 N–H and O–H groups in total. The minimum atomic E-state index is -0.344. The molecule has 0 aromatic carbocycles. The average molecular weight is 288 g/mol. The maximum atomic E-state index is 11.6. The van der Waals surface area contributed by atoms with Gasteiger partial charge in [-0.1, -0.05) is 30.4 Å². The average Bonchev–Trinajstić information content (AvgIpc) is 2.48. The van der Waals surface area contributed by atoms with Gasteiger partial charge in [0.15, 0.2) is 0 Å². The summed E-state index contributed by atoms with van der Waals surface area (Å²) in [5, 5.41) is 0. The molecule has 0 unspecified atom stereocenters. The normalized spacial score (nSPS) is 12.0. The van der Waals surface area contributed by atoms with Gasteiger partial charge < -0.3 is 9.15 Å². The van der Waals surface area contributed by atoms with Crippen molar-refractivity contribution in [2.24, 2.45) is 0 Å². The molecule has 0 aliphatic carbocycles. The van der Waals surface area contributed by atoms with Crippen LogP contribution in [0.4, 0.5) is 0 Å². The third kappa shape index (κ3) is 6.30. The van der Waals surface area contributed by atoms with Crippen LogP contribution in [-0.2, 0) is 0 Å². The van der Waals surface area contributed by atoms with E-state index in [0.717, 1.165) is 25.7 Å². The second-order valence-electron chi connectivity index (χ2n) is 4.77. The minimum absolute atomic E-state index is 0.344. The molecular weight excluding hydrogens is 264 g/mol. The molecule has 0 aliphatic heterocycles. The van der Waals surface area contributed by atoms with E-state index in [1.165, 1.54) is 0 Å². The monoisotopic (exact) mass is 288 g/mol. The fourth-order valence-corrected chi connectivity index (χ4v) is 1.86. The molecule has 0 radical (unpaired) electrons. The Kier molecular flexibility index (Phi) is 7.95. The Hall–Kier alpha value is -2.03. The number of allylic oxidation sites excluding steroid dienone is 5. The molecule has 3 nitrogen and oxygen atoms in total. The summed E-state index contributed by atoms with van der Waals surface area (Å²) in [7, 11) is 1.55. The van der Waals surface area contributed by atoms with Crippen LogP contribution in [0.5, 0.6) is 5.75 Å². The highest BCUT2D eigenvalue weighted by atomic mass is 16.5. The summed E-state index contributed by atoms with van der Waals surface area (Å²) < 4.78 is 10.3. The molecule has 1 rings (SSSR count). The number of rotatable bonds is 8. The first-order chi connectivity index (χ1) is 10.2. The number of hydrogen-bond donors (Lipinski definition) is 0. The molecule has 21 heavy (non-hydrogen) atoms. The van der Waals surface area contributed by atoms with Gasteiger partial charge in [-0.2, -0.15) is 0 Å². The summed E-state index contributed by atoms with van der Waals surface area (Å²) in [5.41, 5.74) is 0.158. The van der Waals surface area contributed by atoms with Crippen molar-refractivity contribution in [2.45, 2.75) is 39.5 Å². The quantitative estimate of drug-likeness (QED) is 0.516. The van der Waals surface area contributed by atoms with Gasteiger partial charge in [-0.25, -0.2) is 4.79 Å². The van der Waals surface area contributed by atoms with Gasteiger partial charge in [0.1, 0.15) is 11.5 Å². The van der Waals surface area contributed by atoms with Gasteiger partial charge in [0.2, 0.25) is 0 Å². The summed E-state index contributed by atoms with van der Waals surface area (Å²) in [6.45, 7) is 3.70. The van der Waals surface area contributed by atoms with Crippen LogP contribution >= 0.6 is 0 Å². The zero-order valence-corrected chi connectivity index (χ0v) is 13.1. The Morgan fingerprint density at radius 2 is 1.90 bits per heavy atom. The van der Waals surface area contributed by atoms with Crippen molar-refractivity contribution >= 4 is 6.08 Å². The lowest BCUT2D eigenvalue weighted by Crippen LogP contribution is -2.05. The summed E-state index contributed by atoms with van der Waals surface area (Å²) >= 11 is 0.